The van der Waals surface area contributed by atoms with E-state index >= 15 is 0 Å². The van der Waals surface area contributed by atoms with Crippen molar-refractivity contribution in [2.75, 3.05) is 6.61 Å². The van der Waals surface area contributed by atoms with E-state index in [0.29, 0.717) is 6.61 Å². The molecule has 0 atom stereocenters. The van der Waals surface area contributed by atoms with Crippen LogP contribution < -0.4 is 0 Å². The number of hydrogen-bond donors (Lipinski definition) is 1. The summed E-state index contributed by atoms with van der Waals surface area (Å²) in [4.78, 5) is 22.0. The second-order valence-corrected chi connectivity index (χ2v) is 3.64. The molecule has 15 heavy (non-hydrogen) atoms. The third-order valence-corrected chi connectivity index (χ3v) is 1.36. The molecule has 0 aromatic heterocycles. The van der Waals surface area contributed by atoms with E-state index in [1.807, 2.05) is 6.92 Å². The molecule has 0 fully saturated rings. The van der Waals surface area contributed by atoms with Crippen LogP contribution in [0.25, 0.3) is 0 Å². The summed E-state index contributed by atoms with van der Waals surface area (Å²) in [6.07, 6.45) is 0.654. The number of carbonyl (C=O) groups is 2. The van der Waals surface area contributed by atoms with E-state index in [-0.39, 0.29) is 12.8 Å². The van der Waals surface area contributed by atoms with Gasteiger partial charge in [-0.3, -0.25) is 9.59 Å². The number of rotatable bonds is 6. The highest BCUT2D eigenvalue weighted by atomic mass is 16.7. The summed E-state index contributed by atoms with van der Waals surface area (Å²) in [6.45, 7) is 4.94. The zero-order chi connectivity index (χ0) is 11.9. The first-order chi connectivity index (χ1) is 6.85. The van der Waals surface area contributed by atoms with Gasteiger partial charge in [0, 0.05) is 13.8 Å². The predicted molar refractivity (Wildman–Crippen MR) is 52.9 cm³/mol. The predicted octanol–water partition coefficient (Wildman–Crippen LogP) is 0.991. The lowest BCUT2D eigenvalue weighted by Crippen LogP contribution is -2.27. The molecule has 0 heterocycles. The second-order valence-electron chi connectivity index (χ2n) is 3.64. The largest absolute Gasteiger partial charge is 0.466 e. The highest BCUT2D eigenvalue weighted by Crippen LogP contribution is 2.06. The van der Waals surface area contributed by atoms with E-state index in [9.17, 15) is 9.59 Å². The van der Waals surface area contributed by atoms with E-state index in [2.05, 4.69) is 4.74 Å². The van der Waals surface area contributed by atoms with Crippen molar-refractivity contribution in [1.82, 2.24) is 0 Å². The van der Waals surface area contributed by atoms with Crippen LogP contribution >= 0.6 is 0 Å². The molecule has 0 aliphatic heterocycles. The van der Waals surface area contributed by atoms with E-state index in [4.69, 9.17) is 9.84 Å². The number of esters is 2. The average molecular weight is 218 g/mol. The Morgan fingerprint density at radius 3 is 2.20 bits per heavy atom. The van der Waals surface area contributed by atoms with E-state index in [1.54, 1.807) is 0 Å². The lowest BCUT2D eigenvalue weighted by atomic mass is 10.3. The molecule has 0 amide bonds. The molecule has 5 nitrogen and oxygen atoms in total. The monoisotopic (exact) mass is 218 g/mol. The van der Waals surface area contributed by atoms with E-state index < -0.39 is 17.7 Å². The molecule has 0 saturated heterocycles. The highest BCUT2D eigenvalue weighted by molar-refractivity contribution is 5.77. The standard InChI is InChI=1S/C10H18O5/c1-4-7-14-8(11)5-6-9(12)15-10(2,3)13/h13H,4-7H2,1-3H3. The van der Waals surface area contributed by atoms with Crippen LogP contribution in [0.3, 0.4) is 0 Å². The Labute approximate surface area is 89.4 Å². The molecular weight excluding hydrogens is 200 g/mol. The summed E-state index contributed by atoms with van der Waals surface area (Å²) in [5, 5.41) is 9.14. The minimum Gasteiger partial charge on any atom is -0.466 e. The van der Waals surface area contributed by atoms with Gasteiger partial charge in [0.05, 0.1) is 19.4 Å². The smallest absolute Gasteiger partial charge is 0.308 e. The third-order valence-electron chi connectivity index (χ3n) is 1.36. The van der Waals surface area contributed by atoms with Crippen molar-refractivity contribution in [3.63, 3.8) is 0 Å². The summed E-state index contributed by atoms with van der Waals surface area (Å²) in [6, 6.07) is 0. The van der Waals surface area contributed by atoms with E-state index in [1.165, 1.54) is 13.8 Å². The zero-order valence-electron chi connectivity index (χ0n) is 9.41. The number of ether oxygens (including phenoxy) is 2. The van der Waals surface area contributed by atoms with Gasteiger partial charge in [-0.05, 0) is 6.42 Å². The van der Waals surface area contributed by atoms with Gasteiger partial charge < -0.3 is 14.6 Å². The SMILES string of the molecule is CCCOC(=O)CCC(=O)OC(C)(C)O. The van der Waals surface area contributed by atoms with Gasteiger partial charge in [-0.1, -0.05) is 6.92 Å². The molecule has 0 aliphatic carbocycles. The molecule has 0 bridgehead atoms. The molecular formula is C10H18O5. The van der Waals surface area contributed by atoms with Crippen molar-refractivity contribution in [1.29, 1.82) is 0 Å². The Hall–Kier alpha value is -1.10. The fraction of sp³-hybridized carbons (Fsp3) is 0.800. The van der Waals surface area contributed by atoms with Gasteiger partial charge in [0.15, 0.2) is 0 Å². The Morgan fingerprint density at radius 2 is 1.73 bits per heavy atom. The van der Waals surface area contributed by atoms with Crippen molar-refractivity contribution in [2.45, 2.75) is 45.8 Å². The molecule has 0 saturated carbocycles. The molecule has 0 radical (unpaired) electrons. The lowest BCUT2D eigenvalue weighted by molar-refractivity contribution is -0.195. The van der Waals surface area contributed by atoms with Gasteiger partial charge in [-0.15, -0.1) is 0 Å². The topological polar surface area (TPSA) is 72.8 Å². The van der Waals surface area contributed by atoms with Gasteiger partial charge in [-0.2, -0.15) is 0 Å². The maximum Gasteiger partial charge on any atom is 0.308 e. The van der Waals surface area contributed by atoms with Gasteiger partial charge in [0.2, 0.25) is 5.79 Å². The number of aliphatic hydroxyl groups is 1. The maximum absolute atomic E-state index is 11.0. The first kappa shape index (κ1) is 13.9. The molecule has 1 N–H and O–H groups in total. The highest BCUT2D eigenvalue weighted by Gasteiger charge is 2.19. The first-order valence-electron chi connectivity index (χ1n) is 4.95. The van der Waals surface area contributed by atoms with Gasteiger partial charge in [0.1, 0.15) is 0 Å². The Kier molecular flexibility index (Phi) is 5.93. The normalized spacial score (nSPS) is 10.9. The van der Waals surface area contributed by atoms with Crippen molar-refractivity contribution >= 4 is 11.9 Å². The fourth-order valence-electron chi connectivity index (χ4n) is 0.822. The molecule has 0 aromatic rings. The Balaban J connectivity index is 3.67. The van der Waals surface area contributed by atoms with Gasteiger partial charge >= 0.3 is 11.9 Å². The Bertz CT molecular complexity index is 216. The number of hydrogen-bond acceptors (Lipinski definition) is 5. The number of carbonyl (C=O) groups excluding carboxylic acids is 2. The van der Waals surface area contributed by atoms with E-state index in [0.717, 1.165) is 6.42 Å². The second kappa shape index (κ2) is 6.40. The van der Waals surface area contributed by atoms with Crippen LogP contribution in [0.5, 0.6) is 0 Å². The Morgan fingerprint density at radius 1 is 1.20 bits per heavy atom. The molecule has 0 aromatic carbocycles. The van der Waals surface area contributed by atoms with Crippen LogP contribution in [0.4, 0.5) is 0 Å². The van der Waals surface area contributed by atoms with Crippen LogP contribution in [0.2, 0.25) is 0 Å². The summed E-state index contributed by atoms with van der Waals surface area (Å²) < 4.78 is 9.36. The van der Waals surface area contributed by atoms with Gasteiger partial charge in [0.25, 0.3) is 0 Å². The van der Waals surface area contributed by atoms with Crippen LogP contribution in [-0.2, 0) is 19.1 Å². The zero-order valence-corrected chi connectivity index (χ0v) is 9.41. The summed E-state index contributed by atoms with van der Waals surface area (Å²) >= 11 is 0. The van der Waals surface area contributed by atoms with Crippen LogP contribution in [0, 0.1) is 0 Å². The quantitative estimate of drug-likeness (QED) is 0.531. The minimum atomic E-state index is -1.50. The minimum absolute atomic E-state index is 0.0189. The summed E-state index contributed by atoms with van der Waals surface area (Å²) in [7, 11) is 0. The van der Waals surface area contributed by atoms with Crippen LogP contribution in [0.15, 0.2) is 0 Å². The van der Waals surface area contributed by atoms with Gasteiger partial charge in [-0.25, -0.2) is 0 Å². The van der Waals surface area contributed by atoms with Crippen molar-refractivity contribution in [3.05, 3.63) is 0 Å². The fourth-order valence-corrected chi connectivity index (χ4v) is 0.822. The maximum atomic E-state index is 11.0. The van der Waals surface area contributed by atoms with Crippen molar-refractivity contribution < 1.29 is 24.2 Å². The molecule has 0 aliphatic rings. The van der Waals surface area contributed by atoms with Crippen molar-refractivity contribution in [2.24, 2.45) is 0 Å². The third kappa shape index (κ3) is 9.21. The molecule has 0 spiro atoms. The lowest BCUT2D eigenvalue weighted by Gasteiger charge is -2.17. The molecule has 5 heteroatoms. The molecule has 0 unspecified atom stereocenters. The summed E-state index contributed by atoms with van der Waals surface area (Å²) in [5.41, 5.74) is 0. The first-order valence-corrected chi connectivity index (χ1v) is 4.95. The van der Waals surface area contributed by atoms with Crippen molar-refractivity contribution in [3.8, 4) is 0 Å². The molecule has 88 valence electrons. The van der Waals surface area contributed by atoms with Crippen LogP contribution in [0.1, 0.15) is 40.0 Å². The molecule has 0 rings (SSSR count). The average Bonchev–Trinajstić information content (AvgIpc) is 2.08. The van der Waals surface area contributed by atoms with Crippen LogP contribution in [-0.4, -0.2) is 29.4 Å². The summed E-state index contributed by atoms with van der Waals surface area (Å²) in [5.74, 6) is -2.54.